The predicted octanol–water partition coefficient (Wildman–Crippen LogP) is 0.520. The normalized spacial score (nSPS) is 13.8. The van der Waals surface area contributed by atoms with Gasteiger partial charge in [0.2, 0.25) is 11.8 Å². The zero-order valence-corrected chi connectivity index (χ0v) is 14.5. The molecule has 0 radical (unpaired) electrons. The lowest BCUT2D eigenvalue weighted by Crippen LogP contribution is -2.49. The fourth-order valence-corrected chi connectivity index (χ4v) is 2.61. The van der Waals surface area contributed by atoms with Gasteiger partial charge in [-0.15, -0.1) is 0 Å². The van der Waals surface area contributed by atoms with E-state index in [9.17, 15) is 19.2 Å². The first kappa shape index (κ1) is 19.4. The summed E-state index contributed by atoms with van der Waals surface area (Å²) < 4.78 is 0. The maximum absolute atomic E-state index is 12.4. The van der Waals surface area contributed by atoms with E-state index >= 15 is 0 Å². The molecule has 1 aromatic carbocycles. The van der Waals surface area contributed by atoms with E-state index in [0.29, 0.717) is 44.5 Å². The largest absolute Gasteiger partial charge is 0.481 e. The lowest BCUT2D eigenvalue weighted by Gasteiger charge is -2.26. The second-order valence-electron chi connectivity index (χ2n) is 6.15. The van der Waals surface area contributed by atoms with Crippen LogP contribution in [0.15, 0.2) is 24.3 Å². The molecule has 1 aromatic rings. The summed E-state index contributed by atoms with van der Waals surface area (Å²) in [4.78, 5) is 47.3. The Morgan fingerprint density at radius 1 is 1.12 bits per heavy atom. The smallest absolute Gasteiger partial charge is 0.303 e. The molecule has 0 aromatic heterocycles. The first-order chi connectivity index (χ1) is 12.5. The van der Waals surface area contributed by atoms with Gasteiger partial charge in [-0.05, 0) is 30.5 Å². The summed E-state index contributed by atoms with van der Waals surface area (Å²) >= 11 is 0. The van der Waals surface area contributed by atoms with Gasteiger partial charge in [0.15, 0.2) is 0 Å². The molecule has 8 heteroatoms. The minimum absolute atomic E-state index is 0.0680. The number of benzene rings is 1. The molecule has 1 saturated heterocycles. The molecule has 0 atom stereocenters. The zero-order chi connectivity index (χ0) is 18.9. The number of nitrogens with one attached hydrogen (secondary N) is 2. The van der Waals surface area contributed by atoms with E-state index in [2.05, 4.69) is 10.6 Å². The maximum Gasteiger partial charge on any atom is 0.303 e. The Balaban J connectivity index is 1.76. The average Bonchev–Trinajstić information content (AvgIpc) is 2.63. The summed E-state index contributed by atoms with van der Waals surface area (Å²) in [5.74, 6) is -1.33. The van der Waals surface area contributed by atoms with E-state index in [0.717, 1.165) is 5.56 Å². The van der Waals surface area contributed by atoms with Crippen LogP contribution in [0.4, 0.5) is 0 Å². The number of unbranched alkanes of at least 4 members (excludes halogenated alkanes) is 1. The molecule has 0 spiro atoms. The van der Waals surface area contributed by atoms with Gasteiger partial charge in [0.1, 0.15) is 0 Å². The van der Waals surface area contributed by atoms with E-state index < -0.39 is 5.97 Å². The number of rotatable bonds is 8. The van der Waals surface area contributed by atoms with Crippen molar-refractivity contribution in [1.82, 2.24) is 15.5 Å². The molecule has 0 aliphatic carbocycles. The maximum atomic E-state index is 12.4. The van der Waals surface area contributed by atoms with Crippen molar-refractivity contribution in [2.75, 3.05) is 19.6 Å². The molecular weight excluding hydrogens is 338 g/mol. The van der Waals surface area contributed by atoms with E-state index in [-0.39, 0.29) is 30.7 Å². The number of carbonyl (C=O) groups excluding carboxylic acids is 3. The quantitative estimate of drug-likeness (QED) is 0.584. The highest BCUT2D eigenvalue weighted by Crippen LogP contribution is 2.09. The SMILES string of the molecule is O=C(O)CCCCC(=O)NCc1ccc(C(=O)N2CCNC(=O)C2)cc1. The van der Waals surface area contributed by atoms with Crippen LogP contribution in [-0.2, 0) is 20.9 Å². The van der Waals surface area contributed by atoms with Crippen molar-refractivity contribution in [3.05, 3.63) is 35.4 Å². The molecule has 0 saturated carbocycles. The second-order valence-corrected chi connectivity index (χ2v) is 6.15. The van der Waals surface area contributed by atoms with E-state index in [1.807, 2.05) is 0 Å². The van der Waals surface area contributed by atoms with Crippen molar-refractivity contribution in [1.29, 1.82) is 0 Å². The van der Waals surface area contributed by atoms with Gasteiger partial charge in [0.05, 0.1) is 6.54 Å². The fourth-order valence-electron chi connectivity index (χ4n) is 2.61. The summed E-state index contributed by atoms with van der Waals surface area (Å²) in [6, 6.07) is 6.90. The monoisotopic (exact) mass is 361 g/mol. The van der Waals surface area contributed by atoms with Crippen LogP contribution in [0.3, 0.4) is 0 Å². The third kappa shape index (κ3) is 6.19. The molecule has 140 valence electrons. The number of hydrogen-bond acceptors (Lipinski definition) is 4. The van der Waals surface area contributed by atoms with E-state index in [1.165, 1.54) is 4.90 Å². The van der Waals surface area contributed by atoms with Crippen LogP contribution < -0.4 is 10.6 Å². The highest BCUT2D eigenvalue weighted by atomic mass is 16.4. The van der Waals surface area contributed by atoms with Crippen LogP contribution in [0, 0.1) is 0 Å². The number of carboxylic acid groups (broad SMARTS) is 1. The van der Waals surface area contributed by atoms with Gasteiger partial charge in [-0.3, -0.25) is 19.2 Å². The molecule has 3 amide bonds. The molecule has 3 N–H and O–H groups in total. The van der Waals surface area contributed by atoms with Crippen molar-refractivity contribution < 1.29 is 24.3 Å². The third-order valence-corrected chi connectivity index (χ3v) is 4.06. The Bertz CT molecular complexity index is 672. The zero-order valence-electron chi connectivity index (χ0n) is 14.5. The summed E-state index contributed by atoms with van der Waals surface area (Å²) in [5.41, 5.74) is 1.36. The van der Waals surface area contributed by atoms with Crippen molar-refractivity contribution in [3.8, 4) is 0 Å². The van der Waals surface area contributed by atoms with Crippen molar-refractivity contribution in [2.45, 2.75) is 32.2 Å². The summed E-state index contributed by atoms with van der Waals surface area (Å²) in [6.45, 7) is 1.36. The van der Waals surface area contributed by atoms with Crippen LogP contribution in [0.5, 0.6) is 0 Å². The van der Waals surface area contributed by atoms with E-state index in [4.69, 9.17) is 5.11 Å². The summed E-state index contributed by atoms with van der Waals surface area (Å²) in [5, 5.41) is 14.0. The lowest BCUT2D eigenvalue weighted by atomic mass is 10.1. The molecule has 26 heavy (non-hydrogen) atoms. The molecule has 0 bridgehead atoms. The average molecular weight is 361 g/mol. The Labute approximate surface area is 151 Å². The Hall–Kier alpha value is -2.90. The topological polar surface area (TPSA) is 116 Å². The van der Waals surface area contributed by atoms with Crippen LogP contribution in [0.1, 0.15) is 41.6 Å². The second kappa shape index (κ2) is 9.55. The van der Waals surface area contributed by atoms with Crippen molar-refractivity contribution in [2.24, 2.45) is 0 Å². The lowest BCUT2D eigenvalue weighted by molar-refractivity contribution is -0.137. The molecular formula is C18H23N3O5. The molecule has 1 aliphatic heterocycles. The van der Waals surface area contributed by atoms with Gasteiger partial charge in [0, 0.05) is 38.0 Å². The molecule has 1 heterocycles. The number of hydrogen-bond donors (Lipinski definition) is 3. The Kier molecular flexibility index (Phi) is 7.13. The van der Waals surface area contributed by atoms with Crippen LogP contribution in [0.25, 0.3) is 0 Å². The Morgan fingerprint density at radius 2 is 1.81 bits per heavy atom. The van der Waals surface area contributed by atoms with Crippen molar-refractivity contribution in [3.63, 3.8) is 0 Å². The number of carboxylic acids is 1. The van der Waals surface area contributed by atoms with Gasteiger partial charge >= 0.3 is 5.97 Å². The molecule has 2 rings (SSSR count). The van der Waals surface area contributed by atoms with Gasteiger partial charge in [-0.1, -0.05) is 12.1 Å². The number of aliphatic carboxylic acids is 1. The number of carbonyl (C=O) groups is 4. The predicted molar refractivity (Wildman–Crippen MR) is 93.3 cm³/mol. The minimum atomic E-state index is -0.856. The molecule has 0 unspecified atom stereocenters. The summed E-state index contributed by atoms with van der Waals surface area (Å²) in [7, 11) is 0. The molecule has 1 fully saturated rings. The highest BCUT2D eigenvalue weighted by molar-refractivity contribution is 5.97. The van der Waals surface area contributed by atoms with Gasteiger partial charge in [-0.25, -0.2) is 0 Å². The molecule has 8 nitrogen and oxygen atoms in total. The standard InChI is InChI=1S/C18H23N3O5/c22-15(3-1-2-4-17(24)25)20-11-13-5-7-14(8-6-13)18(26)21-10-9-19-16(23)12-21/h5-8H,1-4,9-12H2,(H,19,23)(H,20,22)(H,24,25). The summed E-state index contributed by atoms with van der Waals surface area (Å²) in [6.07, 6.45) is 1.38. The van der Waals surface area contributed by atoms with Crippen LogP contribution in [0.2, 0.25) is 0 Å². The number of amides is 3. The highest BCUT2D eigenvalue weighted by Gasteiger charge is 2.22. The minimum Gasteiger partial charge on any atom is -0.481 e. The first-order valence-corrected chi connectivity index (χ1v) is 8.59. The van der Waals surface area contributed by atoms with Crippen molar-refractivity contribution >= 4 is 23.7 Å². The Morgan fingerprint density at radius 3 is 2.46 bits per heavy atom. The third-order valence-electron chi connectivity index (χ3n) is 4.06. The van der Waals surface area contributed by atoms with Gasteiger partial charge < -0.3 is 20.6 Å². The first-order valence-electron chi connectivity index (χ1n) is 8.59. The molecule has 1 aliphatic rings. The van der Waals surface area contributed by atoms with Crippen LogP contribution in [-0.4, -0.2) is 53.3 Å². The van der Waals surface area contributed by atoms with Crippen LogP contribution >= 0.6 is 0 Å². The number of nitrogens with zero attached hydrogens (tertiary/aromatic N) is 1. The van der Waals surface area contributed by atoms with Gasteiger partial charge in [-0.2, -0.15) is 0 Å². The fraction of sp³-hybridized carbons (Fsp3) is 0.444. The van der Waals surface area contributed by atoms with E-state index in [1.54, 1.807) is 24.3 Å². The number of piperazine rings is 1. The van der Waals surface area contributed by atoms with Gasteiger partial charge in [0.25, 0.3) is 5.91 Å².